The minimum atomic E-state index is 0.217. The SMILES string of the molecule is CNCCCC(=O)N(C)CCCCCO. The highest BCUT2D eigenvalue weighted by molar-refractivity contribution is 5.75. The normalized spacial score (nSPS) is 10.3. The van der Waals surface area contributed by atoms with Crippen molar-refractivity contribution in [1.29, 1.82) is 0 Å². The predicted molar refractivity (Wildman–Crippen MR) is 61.7 cm³/mol. The minimum absolute atomic E-state index is 0.217. The Hall–Kier alpha value is -0.610. The van der Waals surface area contributed by atoms with E-state index in [1.165, 1.54) is 0 Å². The molecule has 0 bridgehead atoms. The molecule has 0 saturated carbocycles. The van der Waals surface area contributed by atoms with Gasteiger partial charge >= 0.3 is 0 Å². The molecule has 4 nitrogen and oxygen atoms in total. The van der Waals surface area contributed by atoms with E-state index in [0.29, 0.717) is 6.42 Å². The van der Waals surface area contributed by atoms with E-state index in [1.807, 2.05) is 14.1 Å². The average molecular weight is 216 g/mol. The molecule has 0 atom stereocenters. The van der Waals surface area contributed by atoms with Crippen molar-refractivity contribution in [3.63, 3.8) is 0 Å². The molecule has 0 rings (SSSR count). The fraction of sp³-hybridized carbons (Fsp3) is 0.909. The molecule has 0 fully saturated rings. The summed E-state index contributed by atoms with van der Waals surface area (Å²) in [6.45, 7) is 1.95. The maximum atomic E-state index is 11.5. The first-order valence-corrected chi connectivity index (χ1v) is 5.71. The molecule has 0 saturated heterocycles. The van der Waals surface area contributed by atoms with Crippen molar-refractivity contribution >= 4 is 5.91 Å². The number of amides is 1. The molecule has 0 aromatic heterocycles. The van der Waals surface area contributed by atoms with Crippen LogP contribution in [0.15, 0.2) is 0 Å². The number of aliphatic hydroxyl groups is 1. The van der Waals surface area contributed by atoms with E-state index >= 15 is 0 Å². The van der Waals surface area contributed by atoms with Gasteiger partial charge in [0.05, 0.1) is 0 Å². The summed E-state index contributed by atoms with van der Waals surface area (Å²) in [5.41, 5.74) is 0. The monoisotopic (exact) mass is 216 g/mol. The second kappa shape index (κ2) is 9.93. The first-order chi connectivity index (χ1) is 7.22. The Morgan fingerprint density at radius 1 is 1.27 bits per heavy atom. The van der Waals surface area contributed by atoms with Gasteiger partial charge < -0.3 is 15.3 Å². The Kier molecular flexibility index (Phi) is 9.52. The summed E-state index contributed by atoms with van der Waals surface area (Å²) in [6.07, 6.45) is 4.33. The molecule has 0 aliphatic carbocycles. The second-order valence-electron chi connectivity index (χ2n) is 3.81. The molecule has 0 aliphatic heterocycles. The fourth-order valence-electron chi connectivity index (χ4n) is 1.37. The minimum Gasteiger partial charge on any atom is -0.396 e. The zero-order chi connectivity index (χ0) is 11.5. The predicted octanol–water partition coefficient (Wildman–Crippen LogP) is 0.607. The van der Waals surface area contributed by atoms with Crippen molar-refractivity contribution in [1.82, 2.24) is 10.2 Å². The summed E-state index contributed by atoms with van der Waals surface area (Å²) in [4.78, 5) is 13.3. The van der Waals surface area contributed by atoms with E-state index in [9.17, 15) is 4.79 Å². The van der Waals surface area contributed by atoms with Gasteiger partial charge in [-0.25, -0.2) is 0 Å². The molecule has 0 aromatic rings. The number of carbonyl (C=O) groups excluding carboxylic acids is 1. The Balaban J connectivity index is 3.42. The van der Waals surface area contributed by atoms with E-state index in [4.69, 9.17) is 5.11 Å². The van der Waals surface area contributed by atoms with E-state index in [-0.39, 0.29) is 12.5 Å². The topological polar surface area (TPSA) is 52.6 Å². The van der Waals surface area contributed by atoms with Crippen LogP contribution < -0.4 is 5.32 Å². The van der Waals surface area contributed by atoms with Gasteiger partial charge in [-0.1, -0.05) is 0 Å². The van der Waals surface area contributed by atoms with Crippen molar-refractivity contribution in [2.45, 2.75) is 32.1 Å². The first kappa shape index (κ1) is 14.4. The Morgan fingerprint density at radius 2 is 2.00 bits per heavy atom. The van der Waals surface area contributed by atoms with Crippen LogP contribution in [0.5, 0.6) is 0 Å². The lowest BCUT2D eigenvalue weighted by Gasteiger charge is -2.16. The van der Waals surface area contributed by atoms with E-state index in [1.54, 1.807) is 4.90 Å². The summed E-state index contributed by atoms with van der Waals surface area (Å²) in [6, 6.07) is 0. The van der Waals surface area contributed by atoms with Gasteiger partial charge in [-0.3, -0.25) is 4.79 Å². The molecule has 1 amide bonds. The van der Waals surface area contributed by atoms with E-state index in [2.05, 4.69) is 5.32 Å². The fourth-order valence-corrected chi connectivity index (χ4v) is 1.37. The number of unbranched alkanes of at least 4 members (excludes halogenated alkanes) is 2. The van der Waals surface area contributed by atoms with Gasteiger partial charge in [-0.2, -0.15) is 0 Å². The Morgan fingerprint density at radius 3 is 2.60 bits per heavy atom. The maximum Gasteiger partial charge on any atom is 0.222 e. The molecule has 0 aromatic carbocycles. The van der Waals surface area contributed by atoms with Crippen LogP contribution in [-0.2, 0) is 4.79 Å². The first-order valence-electron chi connectivity index (χ1n) is 5.71. The van der Waals surface area contributed by atoms with Gasteiger partial charge in [-0.15, -0.1) is 0 Å². The molecule has 0 spiro atoms. The Labute approximate surface area is 92.7 Å². The van der Waals surface area contributed by atoms with Crippen molar-refractivity contribution < 1.29 is 9.90 Å². The number of rotatable bonds is 9. The largest absolute Gasteiger partial charge is 0.396 e. The van der Waals surface area contributed by atoms with Crippen LogP contribution in [0.1, 0.15) is 32.1 Å². The molecule has 4 heteroatoms. The van der Waals surface area contributed by atoms with Gasteiger partial charge in [0.2, 0.25) is 5.91 Å². The molecule has 0 unspecified atom stereocenters. The lowest BCUT2D eigenvalue weighted by atomic mass is 10.2. The van der Waals surface area contributed by atoms with Gasteiger partial charge in [-0.05, 0) is 39.3 Å². The zero-order valence-corrected chi connectivity index (χ0v) is 9.96. The highest BCUT2D eigenvalue weighted by Gasteiger charge is 2.06. The van der Waals surface area contributed by atoms with Gasteiger partial charge in [0.25, 0.3) is 0 Å². The molecule has 0 aliphatic rings. The highest BCUT2D eigenvalue weighted by Crippen LogP contribution is 2.00. The lowest BCUT2D eigenvalue weighted by molar-refractivity contribution is -0.130. The summed E-state index contributed by atoms with van der Waals surface area (Å²) >= 11 is 0. The zero-order valence-electron chi connectivity index (χ0n) is 9.96. The molecular formula is C11H24N2O2. The molecule has 15 heavy (non-hydrogen) atoms. The smallest absolute Gasteiger partial charge is 0.222 e. The van der Waals surface area contributed by atoms with Crippen LogP contribution in [0, 0.1) is 0 Å². The number of nitrogens with one attached hydrogen (secondary N) is 1. The van der Waals surface area contributed by atoms with Crippen molar-refractivity contribution in [3.05, 3.63) is 0 Å². The van der Waals surface area contributed by atoms with Gasteiger partial charge in [0.15, 0.2) is 0 Å². The molecule has 2 N–H and O–H groups in total. The van der Waals surface area contributed by atoms with Crippen LogP contribution in [0.4, 0.5) is 0 Å². The summed E-state index contributed by atoms with van der Waals surface area (Å²) in [7, 11) is 3.74. The molecular weight excluding hydrogens is 192 g/mol. The molecule has 0 radical (unpaired) electrons. The number of hydrogen-bond donors (Lipinski definition) is 2. The van der Waals surface area contributed by atoms with Crippen LogP contribution in [-0.4, -0.2) is 49.7 Å². The van der Waals surface area contributed by atoms with Crippen molar-refractivity contribution in [2.24, 2.45) is 0 Å². The van der Waals surface area contributed by atoms with Gasteiger partial charge in [0.1, 0.15) is 0 Å². The van der Waals surface area contributed by atoms with Gasteiger partial charge in [0, 0.05) is 26.6 Å². The number of aliphatic hydroxyl groups excluding tert-OH is 1. The van der Waals surface area contributed by atoms with Crippen LogP contribution in [0.25, 0.3) is 0 Å². The van der Waals surface area contributed by atoms with Crippen LogP contribution in [0.2, 0.25) is 0 Å². The third kappa shape index (κ3) is 8.39. The second-order valence-corrected chi connectivity index (χ2v) is 3.81. The highest BCUT2D eigenvalue weighted by atomic mass is 16.2. The third-order valence-electron chi connectivity index (χ3n) is 2.39. The summed E-state index contributed by atoms with van der Waals surface area (Å²) in [5, 5.41) is 11.6. The summed E-state index contributed by atoms with van der Waals surface area (Å²) < 4.78 is 0. The summed E-state index contributed by atoms with van der Waals surface area (Å²) in [5.74, 6) is 0.217. The third-order valence-corrected chi connectivity index (χ3v) is 2.39. The lowest BCUT2D eigenvalue weighted by Crippen LogP contribution is -2.28. The maximum absolute atomic E-state index is 11.5. The van der Waals surface area contributed by atoms with Crippen LogP contribution >= 0.6 is 0 Å². The average Bonchev–Trinajstić information content (AvgIpc) is 2.24. The molecule has 0 heterocycles. The number of hydrogen-bond acceptors (Lipinski definition) is 3. The number of nitrogens with zero attached hydrogens (tertiary/aromatic N) is 1. The quantitative estimate of drug-likeness (QED) is 0.555. The molecule has 90 valence electrons. The van der Waals surface area contributed by atoms with Crippen molar-refractivity contribution in [2.75, 3.05) is 33.8 Å². The van der Waals surface area contributed by atoms with Crippen molar-refractivity contribution in [3.8, 4) is 0 Å². The number of carbonyl (C=O) groups is 1. The van der Waals surface area contributed by atoms with E-state index < -0.39 is 0 Å². The Bertz CT molecular complexity index is 163. The van der Waals surface area contributed by atoms with Crippen LogP contribution in [0.3, 0.4) is 0 Å². The van der Waals surface area contributed by atoms with E-state index in [0.717, 1.165) is 38.8 Å². The standard InChI is InChI=1S/C11H24N2O2/c1-12-8-6-7-11(15)13(2)9-4-3-5-10-14/h12,14H,3-10H2,1-2H3.